The molecule has 0 aromatic rings. The number of allylic oxidation sites excluding steroid dienone is 1. The van der Waals surface area contributed by atoms with Gasteiger partial charge in [-0.25, -0.2) is 9.10 Å². The predicted octanol–water partition coefficient (Wildman–Crippen LogP) is 1.25. The van der Waals surface area contributed by atoms with E-state index < -0.39 is 34.6 Å². The summed E-state index contributed by atoms with van der Waals surface area (Å²) in [6.07, 6.45) is 1.04. The third kappa shape index (κ3) is 4.06. The average molecular weight is 411 g/mol. The number of nitrogens with zero attached hydrogens (tertiary/aromatic N) is 2. The first-order chi connectivity index (χ1) is 12.9. The largest absolute Gasteiger partial charge is 0.477 e. The number of hydrogen-bond acceptors (Lipinski definition) is 6. The van der Waals surface area contributed by atoms with E-state index >= 15 is 0 Å². The molecule has 0 aromatic carbocycles. The highest BCUT2D eigenvalue weighted by Crippen LogP contribution is 2.42. The molecule has 0 aliphatic carbocycles. The summed E-state index contributed by atoms with van der Waals surface area (Å²) >= 11 is 0.787. The number of amides is 4. The Kier molecular flexibility index (Phi) is 6.22. The Labute approximate surface area is 167 Å². The summed E-state index contributed by atoms with van der Waals surface area (Å²) in [6, 6.07) is -1.02. The molecule has 2 atom stereocenters. The van der Waals surface area contributed by atoms with Crippen LogP contribution in [-0.4, -0.2) is 55.3 Å². The standard InChI is InChI=1S/C18H25N3O6S/c1-6-18(5)7-11(23)21(12(24)8-18)28-16-13(19-10(4)22)15(25)20(16)14(9(2)3)17(26)27/h13,16H,6-8H2,1-5H3,(H,19,22)(H,26,27). The van der Waals surface area contributed by atoms with Crippen LogP contribution in [0, 0.1) is 5.41 Å². The Morgan fingerprint density at radius 1 is 1.18 bits per heavy atom. The second-order valence-electron chi connectivity index (χ2n) is 7.64. The van der Waals surface area contributed by atoms with Gasteiger partial charge in [0.2, 0.25) is 17.7 Å². The zero-order chi connectivity index (χ0) is 21.4. The lowest BCUT2D eigenvalue weighted by Crippen LogP contribution is -2.70. The smallest absolute Gasteiger partial charge is 0.352 e. The van der Waals surface area contributed by atoms with Gasteiger partial charge in [0, 0.05) is 19.8 Å². The van der Waals surface area contributed by atoms with Crippen molar-refractivity contribution in [3.63, 3.8) is 0 Å². The van der Waals surface area contributed by atoms with Crippen LogP contribution in [0.4, 0.5) is 0 Å². The molecular formula is C18H25N3O6S. The van der Waals surface area contributed by atoms with Crippen molar-refractivity contribution in [3.8, 4) is 0 Å². The van der Waals surface area contributed by atoms with Gasteiger partial charge >= 0.3 is 5.97 Å². The Morgan fingerprint density at radius 2 is 1.71 bits per heavy atom. The van der Waals surface area contributed by atoms with Crippen molar-refractivity contribution < 1.29 is 29.1 Å². The van der Waals surface area contributed by atoms with Crippen LogP contribution in [0.15, 0.2) is 11.3 Å². The molecule has 2 heterocycles. The molecule has 2 fully saturated rings. The highest BCUT2D eigenvalue weighted by Gasteiger charge is 2.54. The monoisotopic (exact) mass is 411 g/mol. The number of carboxylic acid groups (broad SMARTS) is 1. The van der Waals surface area contributed by atoms with E-state index in [1.807, 2.05) is 13.8 Å². The molecule has 2 aliphatic heterocycles. The number of aliphatic carboxylic acids is 1. The topological polar surface area (TPSA) is 124 Å². The van der Waals surface area contributed by atoms with Crippen LogP contribution in [-0.2, 0) is 24.0 Å². The van der Waals surface area contributed by atoms with Gasteiger partial charge in [0.15, 0.2) is 0 Å². The normalized spacial score (nSPS) is 24.0. The Bertz CT molecular complexity index is 755. The molecule has 0 saturated carbocycles. The van der Waals surface area contributed by atoms with E-state index in [4.69, 9.17) is 0 Å². The average Bonchev–Trinajstić information content (AvgIpc) is 2.57. The summed E-state index contributed by atoms with van der Waals surface area (Å²) in [5.74, 6) is -3.13. The molecule has 10 heteroatoms. The Hall–Kier alpha value is -2.36. The number of nitrogens with one attached hydrogen (secondary N) is 1. The number of β-lactam (4-membered cyclic amide) rings is 1. The summed E-state index contributed by atoms with van der Waals surface area (Å²) in [6.45, 7) is 8.12. The molecular weight excluding hydrogens is 386 g/mol. The molecule has 2 rings (SSSR count). The SMILES string of the molecule is CCC1(C)CC(=O)N(SC2C(NC(C)=O)C(=O)N2C(C(=O)O)=C(C)C)C(=O)C1. The van der Waals surface area contributed by atoms with Crippen molar-refractivity contribution in [2.45, 2.75) is 65.3 Å². The summed E-state index contributed by atoms with van der Waals surface area (Å²) in [5, 5.41) is 11.1. The van der Waals surface area contributed by atoms with Crippen molar-refractivity contribution in [1.82, 2.24) is 14.5 Å². The Balaban J connectivity index is 2.32. The summed E-state index contributed by atoms with van der Waals surface area (Å²) < 4.78 is 1.00. The summed E-state index contributed by atoms with van der Waals surface area (Å²) in [5.41, 5.74) is -0.245. The number of imide groups is 1. The first kappa shape index (κ1) is 21.9. The fourth-order valence-corrected chi connectivity index (χ4v) is 4.46. The highest BCUT2D eigenvalue weighted by atomic mass is 32.2. The van der Waals surface area contributed by atoms with Gasteiger partial charge in [0.1, 0.15) is 17.1 Å². The lowest BCUT2D eigenvalue weighted by Gasteiger charge is -2.48. The van der Waals surface area contributed by atoms with Crippen LogP contribution in [0.25, 0.3) is 0 Å². The molecule has 2 unspecified atom stereocenters. The lowest BCUT2D eigenvalue weighted by atomic mass is 9.78. The van der Waals surface area contributed by atoms with E-state index in [0.29, 0.717) is 12.0 Å². The van der Waals surface area contributed by atoms with E-state index in [-0.39, 0.29) is 30.4 Å². The van der Waals surface area contributed by atoms with Gasteiger partial charge in [-0.15, -0.1) is 0 Å². The van der Waals surface area contributed by atoms with Gasteiger partial charge < -0.3 is 10.4 Å². The van der Waals surface area contributed by atoms with Crippen molar-refractivity contribution in [1.29, 1.82) is 0 Å². The van der Waals surface area contributed by atoms with Gasteiger partial charge in [-0.05, 0) is 43.2 Å². The number of piperidine rings is 1. The number of hydrogen-bond donors (Lipinski definition) is 2. The third-order valence-corrected chi connectivity index (χ3v) is 6.31. The van der Waals surface area contributed by atoms with Crippen LogP contribution < -0.4 is 5.32 Å². The van der Waals surface area contributed by atoms with Crippen LogP contribution in [0.2, 0.25) is 0 Å². The zero-order valence-electron chi connectivity index (χ0n) is 16.6. The minimum atomic E-state index is -1.30. The number of carboxylic acids is 1. The molecule has 28 heavy (non-hydrogen) atoms. The Morgan fingerprint density at radius 3 is 2.11 bits per heavy atom. The number of rotatable bonds is 6. The van der Waals surface area contributed by atoms with Gasteiger partial charge in [0.25, 0.3) is 5.91 Å². The van der Waals surface area contributed by atoms with Crippen molar-refractivity contribution in [2.75, 3.05) is 0 Å². The first-order valence-electron chi connectivity index (χ1n) is 8.95. The molecule has 154 valence electrons. The van der Waals surface area contributed by atoms with E-state index in [0.717, 1.165) is 21.2 Å². The van der Waals surface area contributed by atoms with Gasteiger partial charge in [-0.2, -0.15) is 0 Å². The second kappa shape index (κ2) is 7.94. The summed E-state index contributed by atoms with van der Waals surface area (Å²) in [7, 11) is 0. The van der Waals surface area contributed by atoms with E-state index in [2.05, 4.69) is 5.32 Å². The second-order valence-corrected chi connectivity index (χ2v) is 8.69. The molecule has 2 aliphatic rings. The minimum absolute atomic E-state index is 0.183. The van der Waals surface area contributed by atoms with Crippen molar-refractivity contribution in [3.05, 3.63) is 11.3 Å². The molecule has 0 spiro atoms. The molecule has 2 saturated heterocycles. The third-order valence-electron chi connectivity index (χ3n) is 4.99. The minimum Gasteiger partial charge on any atom is -0.477 e. The molecule has 2 N–H and O–H groups in total. The number of carbonyl (C=O) groups excluding carboxylic acids is 4. The number of likely N-dealkylation sites (tertiary alicyclic amines) is 1. The highest BCUT2D eigenvalue weighted by molar-refractivity contribution is 7.98. The predicted molar refractivity (Wildman–Crippen MR) is 101 cm³/mol. The van der Waals surface area contributed by atoms with Gasteiger partial charge in [-0.3, -0.25) is 24.1 Å². The van der Waals surface area contributed by atoms with Crippen LogP contribution in [0.5, 0.6) is 0 Å². The lowest BCUT2D eigenvalue weighted by molar-refractivity contribution is -0.151. The zero-order valence-corrected chi connectivity index (χ0v) is 17.4. The maximum absolute atomic E-state index is 12.6. The molecule has 4 amide bonds. The van der Waals surface area contributed by atoms with Crippen LogP contribution in [0.3, 0.4) is 0 Å². The van der Waals surface area contributed by atoms with Crippen LogP contribution >= 0.6 is 11.9 Å². The maximum atomic E-state index is 12.6. The molecule has 0 aromatic heterocycles. The molecule has 9 nitrogen and oxygen atoms in total. The van der Waals surface area contributed by atoms with Gasteiger partial charge in [-0.1, -0.05) is 13.8 Å². The fraction of sp³-hybridized carbons (Fsp3) is 0.611. The fourth-order valence-electron chi connectivity index (χ4n) is 3.27. The van der Waals surface area contributed by atoms with E-state index in [1.54, 1.807) is 13.8 Å². The van der Waals surface area contributed by atoms with Crippen molar-refractivity contribution >= 4 is 41.5 Å². The quantitative estimate of drug-likeness (QED) is 0.292. The van der Waals surface area contributed by atoms with Crippen molar-refractivity contribution in [2.24, 2.45) is 5.41 Å². The molecule has 0 bridgehead atoms. The first-order valence-corrected chi connectivity index (χ1v) is 9.79. The molecule has 0 radical (unpaired) electrons. The van der Waals surface area contributed by atoms with Crippen LogP contribution in [0.1, 0.15) is 53.9 Å². The van der Waals surface area contributed by atoms with E-state index in [1.165, 1.54) is 6.92 Å². The number of carbonyl (C=O) groups is 5. The maximum Gasteiger partial charge on any atom is 0.352 e. The van der Waals surface area contributed by atoms with Gasteiger partial charge in [0.05, 0.1) is 0 Å². The van der Waals surface area contributed by atoms with E-state index in [9.17, 15) is 29.1 Å². The summed E-state index contributed by atoms with van der Waals surface area (Å²) in [4.78, 5) is 61.8.